The lowest BCUT2D eigenvalue weighted by Crippen LogP contribution is -2.44. The summed E-state index contributed by atoms with van der Waals surface area (Å²) >= 11 is 0. The van der Waals surface area contributed by atoms with Crippen molar-refractivity contribution in [2.24, 2.45) is 4.40 Å². The lowest BCUT2D eigenvalue weighted by molar-refractivity contribution is -0.128. The van der Waals surface area contributed by atoms with Crippen LogP contribution in [0.5, 0.6) is 0 Å². The summed E-state index contributed by atoms with van der Waals surface area (Å²) in [5.41, 5.74) is 0.244. The van der Waals surface area contributed by atoms with Gasteiger partial charge in [-0.3, -0.25) is 4.79 Å². The van der Waals surface area contributed by atoms with E-state index in [1.54, 1.807) is 47.4 Å². The largest absolute Gasteiger partial charge is 0.467 e. The number of carbonyl (C=O) groups excluding carboxylic acids is 1. The lowest BCUT2D eigenvalue weighted by atomic mass is 10.1. The van der Waals surface area contributed by atoms with Crippen molar-refractivity contribution in [3.05, 3.63) is 48.1 Å². The van der Waals surface area contributed by atoms with Crippen LogP contribution in [0.4, 0.5) is 0 Å². The molecule has 2 aliphatic rings. The number of fused-ring (bicyclic) bond motifs is 1. The second kappa shape index (κ2) is 7.24. The average Bonchev–Trinajstić information content (AvgIpc) is 3.10. The predicted octanol–water partition coefficient (Wildman–Crippen LogP) is 0.752. The monoisotopic (exact) mass is 365 g/mol. The van der Waals surface area contributed by atoms with Crippen LogP contribution in [-0.4, -0.2) is 62.5 Å². The molecular weight excluding hydrogens is 346 g/mol. The highest BCUT2D eigenvalue weighted by Crippen LogP contribution is 2.20. The molecule has 1 aromatic rings. The van der Waals surface area contributed by atoms with E-state index in [0.717, 1.165) is 0 Å². The van der Waals surface area contributed by atoms with Crippen molar-refractivity contribution in [2.75, 3.05) is 32.6 Å². The standard InChI is InChI=1S/C16H19N3O5S/c1-23-10-7-19(12-13-4-3-9-24-13)16(20)14-5-2-6-18-8-11-25(21,22)17-15(14)18/h2-6,9H,7-8,10-12H2,1H3. The van der Waals surface area contributed by atoms with Crippen LogP contribution < -0.4 is 0 Å². The van der Waals surface area contributed by atoms with Gasteiger partial charge in [-0.1, -0.05) is 0 Å². The minimum atomic E-state index is -3.55. The van der Waals surface area contributed by atoms with Gasteiger partial charge < -0.3 is 19.0 Å². The Balaban J connectivity index is 1.88. The molecule has 134 valence electrons. The summed E-state index contributed by atoms with van der Waals surface area (Å²) in [5, 5.41) is 0. The second-order valence-corrected chi connectivity index (χ2v) is 7.37. The molecule has 0 saturated carbocycles. The number of ether oxygens (including phenoxy) is 1. The Morgan fingerprint density at radius 1 is 1.48 bits per heavy atom. The predicted molar refractivity (Wildman–Crippen MR) is 91.2 cm³/mol. The summed E-state index contributed by atoms with van der Waals surface area (Å²) in [7, 11) is -2.00. The number of carbonyl (C=O) groups is 1. The summed E-state index contributed by atoms with van der Waals surface area (Å²) in [6.07, 6.45) is 6.55. The van der Waals surface area contributed by atoms with Crippen molar-refractivity contribution in [1.29, 1.82) is 0 Å². The molecule has 0 unspecified atom stereocenters. The molecular formula is C16H19N3O5S. The fourth-order valence-corrected chi connectivity index (χ4v) is 3.58. The first-order chi connectivity index (χ1) is 12.0. The average molecular weight is 365 g/mol. The minimum absolute atomic E-state index is 0.0674. The second-order valence-electron chi connectivity index (χ2n) is 5.62. The molecule has 0 bridgehead atoms. The summed E-state index contributed by atoms with van der Waals surface area (Å²) < 4.78 is 37.9. The normalized spacial score (nSPS) is 18.4. The van der Waals surface area contributed by atoms with Gasteiger partial charge in [0.15, 0.2) is 5.84 Å². The molecule has 0 aliphatic carbocycles. The van der Waals surface area contributed by atoms with Crippen molar-refractivity contribution in [2.45, 2.75) is 6.54 Å². The number of amides is 1. The molecule has 0 aromatic carbocycles. The molecule has 3 heterocycles. The number of amidine groups is 1. The van der Waals surface area contributed by atoms with Crippen molar-refractivity contribution in [3.8, 4) is 0 Å². The van der Waals surface area contributed by atoms with Gasteiger partial charge in [0.1, 0.15) is 5.76 Å². The van der Waals surface area contributed by atoms with Crippen LogP contribution in [0.15, 0.2) is 51.1 Å². The van der Waals surface area contributed by atoms with Crippen molar-refractivity contribution in [3.63, 3.8) is 0 Å². The number of allylic oxidation sites excluding steroid dienone is 2. The summed E-state index contributed by atoms with van der Waals surface area (Å²) in [5.74, 6) is 0.410. The van der Waals surface area contributed by atoms with E-state index in [0.29, 0.717) is 18.9 Å². The molecule has 0 radical (unpaired) electrons. The fourth-order valence-electron chi connectivity index (χ4n) is 2.60. The fraction of sp³-hybridized carbons (Fsp3) is 0.375. The Kier molecular flexibility index (Phi) is 5.05. The number of sulfonamides is 1. The summed E-state index contributed by atoms with van der Waals surface area (Å²) in [4.78, 5) is 16.2. The van der Waals surface area contributed by atoms with Gasteiger partial charge in [-0.2, -0.15) is 0 Å². The molecule has 8 nitrogen and oxygen atoms in total. The van der Waals surface area contributed by atoms with Gasteiger partial charge in [0.05, 0.1) is 30.7 Å². The number of furan rings is 1. The van der Waals surface area contributed by atoms with Crippen LogP contribution >= 0.6 is 0 Å². The van der Waals surface area contributed by atoms with Gasteiger partial charge >= 0.3 is 0 Å². The van der Waals surface area contributed by atoms with E-state index >= 15 is 0 Å². The van der Waals surface area contributed by atoms with Gasteiger partial charge in [-0.25, -0.2) is 8.42 Å². The molecule has 1 amide bonds. The minimum Gasteiger partial charge on any atom is -0.467 e. The molecule has 25 heavy (non-hydrogen) atoms. The van der Waals surface area contributed by atoms with Crippen molar-refractivity contribution < 1.29 is 22.4 Å². The third-order valence-corrected chi connectivity index (χ3v) is 5.02. The van der Waals surface area contributed by atoms with Gasteiger partial charge in [0, 0.05) is 26.4 Å². The van der Waals surface area contributed by atoms with Crippen LogP contribution in [-0.2, 0) is 26.1 Å². The Labute approximate surface area is 146 Å². The third kappa shape index (κ3) is 3.99. The maximum absolute atomic E-state index is 13.0. The van der Waals surface area contributed by atoms with Crippen LogP contribution in [0.1, 0.15) is 5.76 Å². The van der Waals surface area contributed by atoms with E-state index in [1.807, 2.05) is 0 Å². The van der Waals surface area contributed by atoms with E-state index in [4.69, 9.17) is 9.15 Å². The zero-order chi connectivity index (χ0) is 17.9. The summed E-state index contributed by atoms with van der Waals surface area (Å²) in [6, 6.07) is 3.52. The maximum Gasteiger partial charge on any atom is 0.258 e. The first-order valence-electron chi connectivity index (χ1n) is 7.79. The molecule has 0 saturated heterocycles. The van der Waals surface area contributed by atoms with Crippen LogP contribution in [0.25, 0.3) is 0 Å². The SMILES string of the molecule is COCCN(Cc1ccco1)C(=O)C1=CC=CN2CCS(=O)(=O)N=C12. The Morgan fingerprint density at radius 2 is 2.32 bits per heavy atom. The maximum atomic E-state index is 13.0. The number of hydrogen-bond donors (Lipinski definition) is 0. The van der Waals surface area contributed by atoms with E-state index in [2.05, 4.69) is 4.40 Å². The lowest BCUT2D eigenvalue weighted by Gasteiger charge is -2.31. The van der Waals surface area contributed by atoms with Gasteiger partial charge in [0.2, 0.25) is 0 Å². The molecule has 1 aromatic heterocycles. The first kappa shape index (κ1) is 17.4. The van der Waals surface area contributed by atoms with Gasteiger partial charge in [-0.05, 0) is 24.3 Å². The molecule has 2 aliphatic heterocycles. The smallest absolute Gasteiger partial charge is 0.258 e. The number of nitrogens with zero attached hydrogens (tertiary/aromatic N) is 3. The van der Waals surface area contributed by atoms with E-state index < -0.39 is 10.0 Å². The zero-order valence-electron chi connectivity index (χ0n) is 13.8. The Bertz CT molecular complexity index is 824. The molecule has 0 spiro atoms. The highest BCUT2D eigenvalue weighted by Gasteiger charge is 2.32. The van der Waals surface area contributed by atoms with Crippen molar-refractivity contribution >= 4 is 21.8 Å². The number of methoxy groups -OCH3 is 1. The number of rotatable bonds is 6. The topological polar surface area (TPSA) is 92.4 Å². The summed E-state index contributed by atoms with van der Waals surface area (Å²) in [6.45, 7) is 1.23. The van der Waals surface area contributed by atoms with Crippen LogP contribution in [0.3, 0.4) is 0 Å². The highest BCUT2D eigenvalue weighted by atomic mass is 32.2. The molecule has 0 atom stereocenters. The van der Waals surface area contributed by atoms with Gasteiger partial charge in [0.25, 0.3) is 15.9 Å². The quantitative estimate of drug-likeness (QED) is 0.739. The third-order valence-electron chi connectivity index (χ3n) is 3.87. The van der Waals surface area contributed by atoms with E-state index in [1.165, 1.54) is 6.26 Å². The van der Waals surface area contributed by atoms with Crippen molar-refractivity contribution in [1.82, 2.24) is 9.80 Å². The van der Waals surface area contributed by atoms with Crippen LogP contribution in [0.2, 0.25) is 0 Å². The Morgan fingerprint density at radius 3 is 3.04 bits per heavy atom. The van der Waals surface area contributed by atoms with Gasteiger partial charge in [-0.15, -0.1) is 4.40 Å². The van der Waals surface area contributed by atoms with Crippen LogP contribution in [0, 0.1) is 0 Å². The number of hydrogen-bond acceptors (Lipinski definition) is 6. The molecule has 0 fully saturated rings. The molecule has 3 rings (SSSR count). The molecule has 9 heteroatoms. The molecule has 0 N–H and O–H groups in total. The first-order valence-corrected chi connectivity index (χ1v) is 9.40. The van der Waals surface area contributed by atoms with E-state index in [9.17, 15) is 13.2 Å². The zero-order valence-corrected chi connectivity index (χ0v) is 14.6. The van der Waals surface area contributed by atoms with E-state index in [-0.39, 0.29) is 36.2 Å². The Hall–Kier alpha value is -2.39. The highest BCUT2D eigenvalue weighted by molar-refractivity contribution is 7.90.